The molecule has 2 heteroatoms. The maximum Gasteiger partial charge on any atom is 0.127 e. The van der Waals surface area contributed by atoms with Crippen LogP contribution in [0.3, 0.4) is 0 Å². The Labute approximate surface area is 192 Å². The third kappa shape index (κ3) is 7.29. The van der Waals surface area contributed by atoms with Crippen LogP contribution in [0.4, 0.5) is 0 Å². The van der Waals surface area contributed by atoms with E-state index in [9.17, 15) is 5.11 Å². The Morgan fingerprint density at radius 2 is 1.55 bits per heavy atom. The molecule has 0 amide bonds. The molecule has 2 nitrogen and oxygen atoms in total. The predicted octanol–water partition coefficient (Wildman–Crippen LogP) is 8.76. The standard InChI is InChI=1S/C29H48O2/c1-20(2)12-9-13-21(3)14-10-15-22(4)16-11-18-29(8)19-17-26-25(7)27(30)23(5)24(6)28(26)31-29/h21-22,30H,1,9-19H2,2-8H3/t21-,22-,29-/m1/s1. The molecule has 0 saturated carbocycles. The summed E-state index contributed by atoms with van der Waals surface area (Å²) in [5, 5.41) is 10.4. The van der Waals surface area contributed by atoms with Gasteiger partial charge in [-0.3, -0.25) is 0 Å². The molecule has 1 aromatic carbocycles. The molecule has 0 spiro atoms. The normalized spacial score (nSPS) is 20.1. The molecule has 176 valence electrons. The molecule has 1 aliphatic heterocycles. The fourth-order valence-corrected chi connectivity index (χ4v) is 5.15. The lowest BCUT2D eigenvalue weighted by atomic mass is 9.84. The van der Waals surface area contributed by atoms with Gasteiger partial charge in [-0.1, -0.05) is 51.5 Å². The van der Waals surface area contributed by atoms with Crippen LogP contribution in [-0.2, 0) is 6.42 Å². The highest BCUT2D eigenvalue weighted by atomic mass is 16.5. The Morgan fingerprint density at radius 3 is 2.16 bits per heavy atom. The molecule has 0 saturated heterocycles. The number of aromatic hydroxyl groups is 1. The largest absolute Gasteiger partial charge is 0.507 e. The summed E-state index contributed by atoms with van der Waals surface area (Å²) < 4.78 is 6.60. The molecule has 2 rings (SSSR count). The molecule has 1 N–H and O–H groups in total. The first kappa shape index (κ1) is 25.8. The van der Waals surface area contributed by atoms with Crippen molar-refractivity contribution in [2.75, 3.05) is 0 Å². The number of fused-ring (bicyclic) bond motifs is 1. The molecule has 0 aliphatic carbocycles. The van der Waals surface area contributed by atoms with Crippen LogP contribution < -0.4 is 4.74 Å². The van der Waals surface area contributed by atoms with Crippen molar-refractivity contribution < 1.29 is 9.84 Å². The first-order chi connectivity index (χ1) is 14.5. The second-order valence-electron chi connectivity index (χ2n) is 11.0. The van der Waals surface area contributed by atoms with Gasteiger partial charge in [0.05, 0.1) is 0 Å². The summed E-state index contributed by atoms with van der Waals surface area (Å²) in [4.78, 5) is 0. The Morgan fingerprint density at radius 1 is 0.968 bits per heavy atom. The van der Waals surface area contributed by atoms with Gasteiger partial charge in [-0.15, -0.1) is 6.58 Å². The zero-order chi connectivity index (χ0) is 23.2. The lowest BCUT2D eigenvalue weighted by molar-refractivity contribution is 0.0512. The minimum Gasteiger partial charge on any atom is -0.507 e. The molecule has 1 heterocycles. The van der Waals surface area contributed by atoms with Crippen LogP contribution in [0.1, 0.15) is 114 Å². The first-order valence-corrected chi connectivity index (χ1v) is 12.7. The summed E-state index contributed by atoms with van der Waals surface area (Å²) in [5.41, 5.74) is 5.52. The minimum absolute atomic E-state index is 0.0782. The zero-order valence-corrected chi connectivity index (χ0v) is 21.5. The number of phenols is 1. The molecule has 0 bridgehead atoms. The second kappa shape index (κ2) is 11.4. The summed E-state index contributed by atoms with van der Waals surface area (Å²) in [6.07, 6.45) is 13.6. The molecule has 0 aromatic heterocycles. The van der Waals surface area contributed by atoms with E-state index in [0.717, 1.165) is 53.5 Å². The van der Waals surface area contributed by atoms with Crippen molar-refractivity contribution in [2.45, 2.75) is 125 Å². The molecule has 0 radical (unpaired) electrons. The minimum atomic E-state index is -0.0782. The van der Waals surface area contributed by atoms with E-state index in [0.29, 0.717) is 5.75 Å². The van der Waals surface area contributed by atoms with Gasteiger partial charge in [0, 0.05) is 5.56 Å². The van der Waals surface area contributed by atoms with Gasteiger partial charge in [0.25, 0.3) is 0 Å². The van der Waals surface area contributed by atoms with Gasteiger partial charge in [-0.05, 0) is 102 Å². The van der Waals surface area contributed by atoms with Crippen molar-refractivity contribution in [3.8, 4) is 11.5 Å². The van der Waals surface area contributed by atoms with Gasteiger partial charge < -0.3 is 9.84 Å². The lowest BCUT2D eigenvalue weighted by Crippen LogP contribution is -2.37. The fraction of sp³-hybridized carbons (Fsp3) is 0.724. The van der Waals surface area contributed by atoms with Gasteiger partial charge in [0.1, 0.15) is 17.1 Å². The maximum absolute atomic E-state index is 10.4. The average molecular weight is 429 g/mol. The summed E-state index contributed by atoms with van der Waals surface area (Å²) in [7, 11) is 0. The molecule has 1 aromatic rings. The van der Waals surface area contributed by atoms with Crippen molar-refractivity contribution >= 4 is 0 Å². The average Bonchev–Trinajstić information content (AvgIpc) is 2.70. The van der Waals surface area contributed by atoms with Crippen molar-refractivity contribution in [1.82, 2.24) is 0 Å². The van der Waals surface area contributed by atoms with Crippen LogP contribution >= 0.6 is 0 Å². The van der Waals surface area contributed by atoms with E-state index >= 15 is 0 Å². The smallest absolute Gasteiger partial charge is 0.127 e. The summed E-state index contributed by atoms with van der Waals surface area (Å²) in [6, 6.07) is 0. The fourth-order valence-electron chi connectivity index (χ4n) is 5.15. The third-order valence-corrected chi connectivity index (χ3v) is 7.69. The number of allylic oxidation sites excluding steroid dienone is 1. The SMILES string of the molecule is C=C(C)CCC[C@@H](C)CCC[C@@H](C)CCC[C@]1(C)CCc2c(C)c(O)c(C)c(C)c2O1. The Balaban J connectivity index is 1.74. The summed E-state index contributed by atoms with van der Waals surface area (Å²) in [5.74, 6) is 3.12. The molecule has 0 fully saturated rings. The van der Waals surface area contributed by atoms with Crippen LogP contribution in [0.5, 0.6) is 11.5 Å². The van der Waals surface area contributed by atoms with E-state index < -0.39 is 0 Å². The number of ether oxygens (including phenoxy) is 1. The Kier molecular flexibility index (Phi) is 9.52. The lowest BCUT2D eigenvalue weighted by Gasteiger charge is -2.38. The number of rotatable bonds is 12. The quantitative estimate of drug-likeness (QED) is 0.337. The number of benzene rings is 1. The first-order valence-electron chi connectivity index (χ1n) is 12.7. The van der Waals surface area contributed by atoms with Crippen LogP contribution in [0.25, 0.3) is 0 Å². The van der Waals surface area contributed by atoms with Crippen molar-refractivity contribution in [2.24, 2.45) is 11.8 Å². The van der Waals surface area contributed by atoms with Gasteiger partial charge in [0.15, 0.2) is 0 Å². The molecule has 1 aliphatic rings. The topological polar surface area (TPSA) is 29.5 Å². The van der Waals surface area contributed by atoms with E-state index in [4.69, 9.17) is 4.74 Å². The van der Waals surface area contributed by atoms with E-state index in [1.54, 1.807) is 0 Å². The zero-order valence-electron chi connectivity index (χ0n) is 21.5. The molecular weight excluding hydrogens is 380 g/mol. The van der Waals surface area contributed by atoms with Gasteiger partial charge in [-0.2, -0.15) is 0 Å². The monoisotopic (exact) mass is 428 g/mol. The highest BCUT2D eigenvalue weighted by Gasteiger charge is 2.34. The van der Waals surface area contributed by atoms with Crippen LogP contribution in [0.15, 0.2) is 12.2 Å². The molecule has 3 atom stereocenters. The molecular formula is C29H48O2. The van der Waals surface area contributed by atoms with Crippen LogP contribution in [-0.4, -0.2) is 10.7 Å². The van der Waals surface area contributed by atoms with Crippen molar-refractivity contribution in [3.05, 3.63) is 34.4 Å². The van der Waals surface area contributed by atoms with Crippen molar-refractivity contribution in [3.63, 3.8) is 0 Å². The summed E-state index contributed by atoms with van der Waals surface area (Å²) in [6.45, 7) is 19.4. The Hall–Kier alpha value is -1.44. The van der Waals surface area contributed by atoms with Gasteiger partial charge >= 0.3 is 0 Å². The van der Waals surface area contributed by atoms with Crippen LogP contribution in [0.2, 0.25) is 0 Å². The Bertz CT molecular complexity index is 748. The molecule has 0 unspecified atom stereocenters. The highest BCUT2D eigenvalue weighted by molar-refractivity contribution is 5.58. The van der Waals surface area contributed by atoms with E-state index in [2.05, 4.69) is 41.2 Å². The number of hydrogen-bond donors (Lipinski definition) is 1. The predicted molar refractivity (Wildman–Crippen MR) is 134 cm³/mol. The molecule has 31 heavy (non-hydrogen) atoms. The van der Waals surface area contributed by atoms with E-state index in [1.165, 1.54) is 62.5 Å². The summed E-state index contributed by atoms with van der Waals surface area (Å²) >= 11 is 0. The van der Waals surface area contributed by atoms with Gasteiger partial charge in [-0.25, -0.2) is 0 Å². The van der Waals surface area contributed by atoms with Crippen LogP contribution in [0, 0.1) is 32.6 Å². The van der Waals surface area contributed by atoms with E-state index in [-0.39, 0.29) is 5.60 Å². The number of phenolic OH excluding ortho intramolecular Hbond substituents is 1. The van der Waals surface area contributed by atoms with Crippen molar-refractivity contribution in [1.29, 1.82) is 0 Å². The number of hydrogen-bond acceptors (Lipinski definition) is 2. The highest BCUT2D eigenvalue weighted by Crippen LogP contribution is 2.44. The van der Waals surface area contributed by atoms with E-state index in [1.807, 2.05) is 13.8 Å². The maximum atomic E-state index is 10.4. The second-order valence-corrected chi connectivity index (χ2v) is 11.0. The third-order valence-electron chi connectivity index (χ3n) is 7.69. The van der Waals surface area contributed by atoms with Gasteiger partial charge in [0.2, 0.25) is 0 Å².